The largest absolute Gasteiger partial charge is 0.345 e. The van der Waals surface area contributed by atoms with Gasteiger partial charge in [-0.25, -0.2) is 4.79 Å². The van der Waals surface area contributed by atoms with E-state index < -0.39 is 0 Å². The van der Waals surface area contributed by atoms with Crippen LogP contribution in [0.5, 0.6) is 0 Å². The molecule has 15 heavy (non-hydrogen) atoms. The summed E-state index contributed by atoms with van der Waals surface area (Å²) in [5, 5.41) is 0.947. The Kier molecular flexibility index (Phi) is 2.83. The molecule has 0 fully saturated rings. The summed E-state index contributed by atoms with van der Waals surface area (Å²) in [5.74, 6) is 0. The van der Waals surface area contributed by atoms with Crippen LogP contribution in [0.1, 0.15) is 5.69 Å². The maximum atomic E-state index is 11.3. The van der Waals surface area contributed by atoms with Crippen LogP contribution in [0.4, 0.5) is 0 Å². The second kappa shape index (κ2) is 4.12. The second-order valence-corrected chi connectivity index (χ2v) is 4.14. The Hall–Kier alpha value is -1.20. The van der Waals surface area contributed by atoms with E-state index in [1.54, 1.807) is 0 Å². The van der Waals surface area contributed by atoms with Gasteiger partial charge in [0.2, 0.25) is 0 Å². The average molecular weight is 268 g/mol. The molecule has 0 saturated carbocycles. The number of hydrogen-bond acceptors (Lipinski definition) is 3. The lowest BCUT2D eigenvalue weighted by molar-refractivity contribution is 0.910. The molecule has 2 aromatic rings. The lowest BCUT2D eigenvalue weighted by Crippen LogP contribution is -2.15. The number of nitrogens with one attached hydrogen (secondary N) is 1. The summed E-state index contributed by atoms with van der Waals surface area (Å²) in [5.41, 5.74) is 6.69. The molecule has 0 bridgehead atoms. The van der Waals surface area contributed by atoms with Crippen molar-refractivity contribution < 1.29 is 0 Å². The fraction of sp³-hybridized carbons (Fsp3) is 0.200. The first-order valence-electron chi connectivity index (χ1n) is 4.59. The van der Waals surface area contributed by atoms with Crippen LogP contribution in [0, 0.1) is 0 Å². The maximum Gasteiger partial charge on any atom is 0.345 e. The molecule has 0 aliphatic rings. The van der Waals surface area contributed by atoms with E-state index in [1.165, 1.54) is 0 Å². The van der Waals surface area contributed by atoms with Crippen molar-refractivity contribution in [1.82, 2.24) is 9.97 Å². The molecular formula is C10H10BrN3O. The van der Waals surface area contributed by atoms with E-state index in [0.29, 0.717) is 18.5 Å². The fourth-order valence-corrected chi connectivity index (χ4v) is 1.88. The number of aromatic nitrogens is 2. The van der Waals surface area contributed by atoms with Gasteiger partial charge in [0.15, 0.2) is 0 Å². The highest BCUT2D eigenvalue weighted by Crippen LogP contribution is 2.18. The molecule has 0 radical (unpaired) electrons. The third kappa shape index (κ3) is 2.08. The molecule has 0 spiro atoms. The van der Waals surface area contributed by atoms with Gasteiger partial charge in [0.25, 0.3) is 0 Å². The average Bonchev–Trinajstić information content (AvgIpc) is 2.17. The van der Waals surface area contributed by atoms with Crippen molar-refractivity contribution in [1.29, 1.82) is 0 Å². The van der Waals surface area contributed by atoms with Crippen molar-refractivity contribution in [3.8, 4) is 0 Å². The minimum atomic E-state index is -0.330. The molecular weight excluding hydrogens is 258 g/mol. The van der Waals surface area contributed by atoms with Crippen LogP contribution in [0.3, 0.4) is 0 Å². The van der Waals surface area contributed by atoms with E-state index in [-0.39, 0.29) is 5.69 Å². The third-order valence-electron chi connectivity index (χ3n) is 2.16. The molecule has 0 amide bonds. The van der Waals surface area contributed by atoms with Crippen LogP contribution in [-0.4, -0.2) is 16.5 Å². The lowest BCUT2D eigenvalue weighted by atomic mass is 10.1. The van der Waals surface area contributed by atoms with E-state index in [4.69, 9.17) is 5.73 Å². The SMILES string of the molecule is NCCc1[nH]c(=O)nc2cc(Br)ccc12. The first kappa shape index (κ1) is 10.3. The highest BCUT2D eigenvalue weighted by molar-refractivity contribution is 9.10. The van der Waals surface area contributed by atoms with Crippen molar-refractivity contribution >= 4 is 26.8 Å². The molecule has 0 aliphatic carbocycles. The van der Waals surface area contributed by atoms with Crippen LogP contribution in [0.25, 0.3) is 10.9 Å². The van der Waals surface area contributed by atoms with Gasteiger partial charge in [-0.05, 0) is 24.7 Å². The highest BCUT2D eigenvalue weighted by atomic mass is 79.9. The van der Waals surface area contributed by atoms with Crippen molar-refractivity contribution in [2.75, 3.05) is 6.54 Å². The van der Waals surface area contributed by atoms with Gasteiger partial charge in [-0.3, -0.25) is 0 Å². The van der Waals surface area contributed by atoms with Crippen LogP contribution in [0.15, 0.2) is 27.5 Å². The Morgan fingerprint density at radius 3 is 3.00 bits per heavy atom. The lowest BCUT2D eigenvalue weighted by Gasteiger charge is -2.04. The van der Waals surface area contributed by atoms with Crippen LogP contribution < -0.4 is 11.4 Å². The number of rotatable bonds is 2. The van der Waals surface area contributed by atoms with E-state index in [9.17, 15) is 4.79 Å². The zero-order chi connectivity index (χ0) is 10.8. The van der Waals surface area contributed by atoms with E-state index in [1.807, 2.05) is 18.2 Å². The van der Waals surface area contributed by atoms with Gasteiger partial charge >= 0.3 is 5.69 Å². The molecule has 1 heterocycles. The molecule has 2 rings (SSSR count). The van der Waals surface area contributed by atoms with Crippen molar-refractivity contribution in [3.05, 3.63) is 38.9 Å². The number of nitrogens with two attached hydrogens (primary N) is 1. The number of nitrogens with zero attached hydrogens (tertiary/aromatic N) is 1. The maximum absolute atomic E-state index is 11.3. The molecule has 3 N–H and O–H groups in total. The van der Waals surface area contributed by atoms with E-state index in [0.717, 1.165) is 15.6 Å². The molecule has 0 aliphatic heterocycles. The molecule has 4 nitrogen and oxygen atoms in total. The number of fused-ring (bicyclic) bond motifs is 1. The summed E-state index contributed by atoms with van der Waals surface area (Å²) in [6, 6.07) is 5.67. The summed E-state index contributed by atoms with van der Waals surface area (Å²) in [6.07, 6.45) is 0.649. The smallest absolute Gasteiger partial charge is 0.330 e. The molecule has 0 unspecified atom stereocenters. The number of H-pyrrole nitrogens is 1. The second-order valence-electron chi connectivity index (χ2n) is 3.22. The number of hydrogen-bond donors (Lipinski definition) is 2. The highest BCUT2D eigenvalue weighted by Gasteiger charge is 2.04. The summed E-state index contributed by atoms with van der Waals surface area (Å²) in [4.78, 5) is 17.9. The van der Waals surface area contributed by atoms with Gasteiger partial charge in [0.1, 0.15) is 0 Å². The van der Waals surface area contributed by atoms with Crippen molar-refractivity contribution in [2.24, 2.45) is 5.73 Å². The summed E-state index contributed by atoms with van der Waals surface area (Å²) < 4.78 is 0.909. The zero-order valence-electron chi connectivity index (χ0n) is 7.96. The minimum absolute atomic E-state index is 0.330. The molecule has 0 atom stereocenters. The number of halogens is 1. The topological polar surface area (TPSA) is 71.8 Å². The summed E-state index contributed by atoms with van der Waals surface area (Å²) in [6.45, 7) is 0.505. The van der Waals surface area contributed by atoms with Gasteiger partial charge in [0.05, 0.1) is 5.52 Å². The van der Waals surface area contributed by atoms with E-state index in [2.05, 4.69) is 25.9 Å². The van der Waals surface area contributed by atoms with Crippen LogP contribution in [0.2, 0.25) is 0 Å². The molecule has 5 heteroatoms. The molecule has 0 saturated heterocycles. The van der Waals surface area contributed by atoms with Crippen LogP contribution >= 0.6 is 15.9 Å². The Labute approximate surface area is 94.7 Å². The van der Waals surface area contributed by atoms with Gasteiger partial charge in [0, 0.05) is 22.0 Å². The van der Waals surface area contributed by atoms with Gasteiger partial charge in [-0.1, -0.05) is 15.9 Å². The number of aromatic amines is 1. The predicted octanol–water partition coefficient (Wildman–Crippen LogP) is 1.19. The Morgan fingerprint density at radius 2 is 2.27 bits per heavy atom. The normalized spacial score (nSPS) is 10.8. The summed E-state index contributed by atoms with van der Waals surface area (Å²) in [7, 11) is 0. The molecule has 78 valence electrons. The minimum Gasteiger partial charge on any atom is -0.330 e. The third-order valence-corrected chi connectivity index (χ3v) is 2.65. The van der Waals surface area contributed by atoms with Crippen LogP contribution in [-0.2, 0) is 6.42 Å². The van der Waals surface area contributed by atoms with Crippen molar-refractivity contribution in [2.45, 2.75) is 6.42 Å². The Bertz CT molecular complexity index is 550. The first-order chi connectivity index (χ1) is 7.20. The van der Waals surface area contributed by atoms with E-state index >= 15 is 0 Å². The number of benzene rings is 1. The monoisotopic (exact) mass is 267 g/mol. The van der Waals surface area contributed by atoms with Gasteiger partial charge in [-0.15, -0.1) is 0 Å². The molecule has 1 aromatic carbocycles. The van der Waals surface area contributed by atoms with Crippen molar-refractivity contribution in [3.63, 3.8) is 0 Å². The standard InChI is InChI=1S/C10H10BrN3O/c11-6-1-2-7-8(3-4-12)13-10(15)14-9(7)5-6/h1-2,5H,3-4,12H2,(H,13,14,15). The Balaban J connectivity index is 2.74. The molecule has 1 aromatic heterocycles. The fourth-order valence-electron chi connectivity index (χ4n) is 1.53. The van der Waals surface area contributed by atoms with Gasteiger partial charge in [-0.2, -0.15) is 4.98 Å². The quantitative estimate of drug-likeness (QED) is 0.859. The predicted molar refractivity (Wildman–Crippen MR) is 62.8 cm³/mol. The summed E-state index contributed by atoms with van der Waals surface area (Å²) >= 11 is 3.34. The first-order valence-corrected chi connectivity index (χ1v) is 5.38. The van der Waals surface area contributed by atoms with Gasteiger partial charge < -0.3 is 10.7 Å². The zero-order valence-corrected chi connectivity index (χ0v) is 9.54. The Morgan fingerprint density at radius 1 is 1.47 bits per heavy atom.